The number of carbonyl (C=O) groups is 2. The van der Waals surface area contributed by atoms with Gasteiger partial charge in [0.25, 0.3) is 0 Å². The second-order valence-corrected chi connectivity index (χ2v) is 7.77. The minimum atomic E-state index is -0.657. The van der Waals surface area contributed by atoms with E-state index in [0.29, 0.717) is 22.6 Å². The van der Waals surface area contributed by atoms with E-state index < -0.39 is 11.9 Å². The molecule has 1 N–H and O–H groups in total. The third-order valence-corrected chi connectivity index (χ3v) is 5.73. The van der Waals surface area contributed by atoms with Gasteiger partial charge in [-0.3, -0.25) is 9.59 Å². The van der Waals surface area contributed by atoms with E-state index in [0.717, 1.165) is 0 Å². The third-order valence-electron chi connectivity index (χ3n) is 4.43. The Morgan fingerprint density at radius 2 is 1.86 bits per heavy atom. The van der Waals surface area contributed by atoms with Crippen LogP contribution in [0.5, 0.6) is 0 Å². The van der Waals surface area contributed by atoms with Crippen LogP contribution < -0.4 is 5.32 Å². The van der Waals surface area contributed by atoms with Crippen LogP contribution in [0.3, 0.4) is 0 Å². The lowest BCUT2D eigenvalue weighted by molar-refractivity contribution is -0.139. The monoisotopic (exact) mass is 440 g/mol. The maximum Gasteiger partial charge on any atom is 0.242 e. The van der Waals surface area contributed by atoms with Gasteiger partial charge < -0.3 is 10.2 Å². The number of halogens is 3. The fourth-order valence-electron chi connectivity index (χ4n) is 2.87. The molecule has 8 heteroatoms. The molecule has 0 aliphatic carbocycles. The molecule has 29 heavy (non-hydrogen) atoms. The van der Waals surface area contributed by atoms with Crippen LogP contribution in [0.15, 0.2) is 42.5 Å². The van der Waals surface area contributed by atoms with Gasteiger partial charge in [0.1, 0.15) is 17.7 Å². The first-order valence-corrected chi connectivity index (χ1v) is 10.7. The highest BCUT2D eigenvalue weighted by molar-refractivity contribution is 7.99. The quantitative estimate of drug-likeness (QED) is 0.628. The predicted octanol–water partition coefficient (Wildman–Crippen LogP) is 4.40. The Kier molecular flexibility index (Phi) is 8.92. The highest BCUT2D eigenvalue weighted by Crippen LogP contribution is 2.24. The molecule has 156 valence electrons. The number of rotatable bonds is 9. The average molecular weight is 441 g/mol. The van der Waals surface area contributed by atoms with Crippen molar-refractivity contribution in [3.8, 4) is 0 Å². The molecule has 0 radical (unpaired) electrons. The molecule has 2 amide bonds. The second-order valence-electron chi connectivity index (χ2n) is 6.38. The van der Waals surface area contributed by atoms with Crippen LogP contribution in [0.2, 0.25) is 5.02 Å². The molecule has 4 nitrogen and oxygen atoms in total. The maximum absolute atomic E-state index is 13.9. The van der Waals surface area contributed by atoms with Gasteiger partial charge in [0.05, 0.1) is 5.75 Å². The number of thioether (sulfide) groups is 1. The molecular formula is C21H23ClF2N2O2S. The minimum Gasteiger partial charge on any atom is -0.357 e. The number of likely N-dealkylation sites (N-methyl/N-ethyl adjacent to an activating group) is 1. The van der Waals surface area contributed by atoms with E-state index in [2.05, 4.69) is 5.32 Å². The summed E-state index contributed by atoms with van der Waals surface area (Å²) in [5.74, 6) is -1.04. The van der Waals surface area contributed by atoms with Gasteiger partial charge in [-0.25, -0.2) is 8.78 Å². The molecule has 0 saturated heterocycles. The zero-order valence-electron chi connectivity index (χ0n) is 16.3. The van der Waals surface area contributed by atoms with Gasteiger partial charge in [0, 0.05) is 29.9 Å². The van der Waals surface area contributed by atoms with Crippen LogP contribution >= 0.6 is 23.4 Å². The molecule has 0 aliphatic rings. The molecule has 0 aliphatic heterocycles. The Labute approximate surface area is 178 Å². The van der Waals surface area contributed by atoms with Crippen molar-refractivity contribution in [2.75, 3.05) is 12.8 Å². The fraction of sp³-hybridized carbons (Fsp3) is 0.333. The van der Waals surface area contributed by atoms with Crippen molar-refractivity contribution in [2.24, 2.45) is 0 Å². The topological polar surface area (TPSA) is 49.4 Å². The van der Waals surface area contributed by atoms with Gasteiger partial charge in [0.15, 0.2) is 0 Å². The summed E-state index contributed by atoms with van der Waals surface area (Å²) in [7, 11) is 1.51. The van der Waals surface area contributed by atoms with Gasteiger partial charge in [-0.1, -0.05) is 36.7 Å². The lowest BCUT2D eigenvalue weighted by Crippen LogP contribution is -2.48. The van der Waals surface area contributed by atoms with Gasteiger partial charge in [-0.15, -0.1) is 11.8 Å². The third kappa shape index (κ3) is 6.44. The fourth-order valence-corrected chi connectivity index (χ4v) is 4.12. The maximum atomic E-state index is 13.9. The second kappa shape index (κ2) is 11.2. The molecule has 2 rings (SSSR count). The Morgan fingerprint density at radius 3 is 2.45 bits per heavy atom. The molecule has 0 unspecified atom stereocenters. The highest BCUT2D eigenvalue weighted by Gasteiger charge is 2.28. The number of hydrogen-bond donors (Lipinski definition) is 1. The van der Waals surface area contributed by atoms with Crippen LogP contribution in [0.25, 0.3) is 0 Å². The van der Waals surface area contributed by atoms with Gasteiger partial charge in [0.2, 0.25) is 11.8 Å². The molecular weight excluding hydrogens is 418 g/mol. The van der Waals surface area contributed by atoms with E-state index >= 15 is 0 Å². The number of carbonyl (C=O) groups excluding carboxylic acids is 2. The van der Waals surface area contributed by atoms with Crippen molar-refractivity contribution in [2.45, 2.75) is 31.7 Å². The van der Waals surface area contributed by atoms with Crippen LogP contribution in [0, 0.1) is 11.6 Å². The number of nitrogens with zero attached hydrogens (tertiary/aromatic N) is 1. The van der Waals surface area contributed by atoms with E-state index in [9.17, 15) is 18.4 Å². The highest BCUT2D eigenvalue weighted by atomic mass is 35.5. The van der Waals surface area contributed by atoms with Crippen molar-refractivity contribution < 1.29 is 18.4 Å². The van der Waals surface area contributed by atoms with E-state index in [1.54, 1.807) is 18.2 Å². The van der Waals surface area contributed by atoms with E-state index in [1.807, 2.05) is 6.92 Å². The lowest BCUT2D eigenvalue weighted by Gasteiger charge is -2.30. The van der Waals surface area contributed by atoms with Crippen LogP contribution in [0.4, 0.5) is 8.78 Å². The summed E-state index contributed by atoms with van der Waals surface area (Å²) in [4.78, 5) is 26.7. The molecule has 0 heterocycles. The van der Waals surface area contributed by atoms with Gasteiger partial charge in [-0.2, -0.15) is 0 Å². The summed E-state index contributed by atoms with van der Waals surface area (Å²) < 4.78 is 27.1. The van der Waals surface area contributed by atoms with E-state index in [1.165, 1.54) is 48.0 Å². The standard InChI is InChI=1S/C21H23ClF2N2O2S/c1-3-19(21(28)25-2)26(11-14-7-9-15(23)10-8-14)20(27)13-29-12-16-17(22)5-4-6-18(16)24/h4-10,19H,3,11-13H2,1-2H3,(H,25,28)/t19-/m1/s1. The number of nitrogens with one attached hydrogen (secondary N) is 1. The zero-order valence-corrected chi connectivity index (χ0v) is 17.8. The molecule has 2 aromatic rings. The van der Waals surface area contributed by atoms with Crippen LogP contribution in [-0.2, 0) is 21.9 Å². The number of benzene rings is 2. The average Bonchev–Trinajstić information content (AvgIpc) is 2.71. The van der Waals surface area contributed by atoms with Crippen molar-refractivity contribution in [1.29, 1.82) is 0 Å². The summed E-state index contributed by atoms with van der Waals surface area (Å²) in [5, 5.41) is 2.89. The first-order valence-electron chi connectivity index (χ1n) is 9.13. The van der Waals surface area contributed by atoms with Crippen molar-refractivity contribution in [3.63, 3.8) is 0 Å². The van der Waals surface area contributed by atoms with Gasteiger partial charge in [-0.05, 0) is 36.2 Å². The predicted molar refractivity (Wildman–Crippen MR) is 113 cm³/mol. The summed E-state index contributed by atoms with van der Waals surface area (Å²) >= 11 is 7.25. The smallest absolute Gasteiger partial charge is 0.242 e. The molecule has 2 aromatic carbocycles. The van der Waals surface area contributed by atoms with E-state index in [4.69, 9.17) is 11.6 Å². The SMILES string of the molecule is CC[C@H](C(=O)NC)N(Cc1ccc(F)cc1)C(=O)CSCc1c(F)cccc1Cl. The normalized spacial score (nSPS) is 11.8. The zero-order chi connectivity index (χ0) is 21.4. The molecule has 0 spiro atoms. The molecule has 1 atom stereocenters. The first kappa shape index (κ1) is 23.2. The minimum absolute atomic E-state index is 0.0549. The summed E-state index contributed by atoms with van der Waals surface area (Å²) in [6, 6.07) is 9.58. The Bertz CT molecular complexity index is 829. The number of hydrogen-bond acceptors (Lipinski definition) is 3. The Hall–Kier alpha value is -2.12. The van der Waals surface area contributed by atoms with Crippen molar-refractivity contribution in [3.05, 3.63) is 70.2 Å². The summed E-state index contributed by atoms with van der Waals surface area (Å²) in [6.07, 6.45) is 0.427. The van der Waals surface area contributed by atoms with Crippen LogP contribution in [-0.4, -0.2) is 35.6 Å². The largest absolute Gasteiger partial charge is 0.357 e. The lowest BCUT2D eigenvalue weighted by atomic mass is 10.1. The van der Waals surface area contributed by atoms with E-state index in [-0.39, 0.29) is 35.7 Å². The summed E-state index contributed by atoms with van der Waals surface area (Å²) in [5.41, 5.74) is 1.06. The molecule has 0 bridgehead atoms. The first-order chi connectivity index (χ1) is 13.9. The Balaban J connectivity index is 2.12. The van der Waals surface area contributed by atoms with Crippen molar-refractivity contribution in [1.82, 2.24) is 10.2 Å². The Morgan fingerprint density at radius 1 is 1.17 bits per heavy atom. The molecule has 0 saturated carbocycles. The molecule has 0 aromatic heterocycles. The van der Waals surface area contributed by atoms with Gasteiger partial charge >= 0.3 is 0 Å². The van der Waals surface area contributed by atoms with Crippen LogP contribution in [0.1, 0.15) is 24.5 Å². The number of amides is 2. The molecule has 0 fully saturated rings. The summed E-state index contributed by atoms with van der Waals surface area (Å²) in [6.45, 7) is 1.99. The van der Waals surface area contributed by atoms with Crippen molar-refractivity contribution >= 4 is 35.2 Å².